The van der Waals surface area contributed by atoms with Crippen molar-refractivity contribution in [1.82, 2.24) is 14.8 Å². The fourth-order valence-corrected chi connectivity index (χ4v) is 3.00. The van der Waals surface area contributed by atoms with Crippen LogP contribution in [0.5, 0.6) is 0 Å². The lowest BCUT2D eigenvalue weighted by atomic mass is 10.2. The Morgan fingerprint density at radius 2 is 2.28 bits per heavy atom. The molecule has 0 aromatic carbocycles. The fourth-order valence-electron chi connectivity index (χ4n) is 2.56. The second-order valence-corrected chi connectivity index (χ2v) is 6.15. The predicted octanol–water partition coefficient (Wildman–Crippen LogP) is 2.02. The number of aromatic nitrogens is 1. The van der Waals surface area contributed by atoms with E-state index in [4.69, 9.17) is 0 Å². The van der Waals surface area contributed by atoms with Gasteiger partial charge in [0.2, 0.25) is 0 Å². The molecule has 2 heterocycles. The van der Waals surface area contributed by atoms with Crippen LogP contribution in [0.3, 0.4) is 0 Å². The van der Waals surface area contributed by atoms with Crippen LogP contribution in [0.2, 0.25) is 0 Å². The maximum absolute atomic E-state index is 12.6. The molecule has 0 spiro atoms. The number of nitrogens with zero attached hydrogens (tertiary/aromatic N) is 2. The van der Waals surface area contributed by atoms with Gasteiger partial charge in [-0.3, -0.25) is 4.79 Å². The molecule has 18 heavy (non-hydrogen) atoms. The highest BCUT2D eigenvalue weighted by atomic mass is 79.9. The summed E-state index contributed by atoms with van der Waals surface area (Å²) in [6, 6.07) is 2.76. The van der Waals surface area contributed by atoms with E-state index in [0.717, 1.165) is 29.8 Å². The first-order valence-corrected chi connectivity index (χ1v) is 7.35. The lowest BCUT2D eigenvalue weighted by molar-refractivity contribution is 0.0644. The average molecular weight is 312 g/mol. The van der Waals surface area contributed by atoms with Gasteiger partial charge in [0.05, 0.1) is 0 Å². The number of piperazine rings is 1. The van der Waals surface area contributed by atoms with Crippen molar-refractivity contribution in [2.24, 2.45) is 0 Å². The normalized spacial score (nSPS) is 24.3. The quantitative estimate of drug-likeness (QED) is 0.907. The molecule has 5 heteroatoms. The Bertz CT molecular complexity index is 467. The Balaban J connectivity index is 1.86. The van der Waals surface area contributed by atoms with Crippen LogP contribution in [0.25, 0.3) is 0 Å². The predicted molar refractivity (Wildman–Crippen MR) is 73.8 cm³/mol. The standard InChI is InChI=1S/C13H18BrN3O/c1-9-7-15-4-5-16(9)13(18)12-6-10(14)8-17(12)11-2-3-11/h6,8-9,11,15H,2-5,7H2,1H3. The Labute approximate surface area is 115 Å². The summed E-state index contributed by atoms with van der Waals surface area (Å²) >= 11 is 3.48. The number of carbonyl (C=O) groups is 1. The van der Waals surface area contributed by atoms with Crippen molar-refractivity contribution in [3.05, 3.63) is 22.4 Å². The van der Waals surface area contributed by atoms with Crippen LogP contribution in [0.4, 0.5) is 0 Å². The molecule has 1 aromatic heterocycles. The van der Waals surface area contributed by atoms with Gasteiger partial charge in [0.1, 0.15) is 5.69 Å². The van der Waals surface area contributed by atoms with Gasteiger partial charge in [0, 0.05) is 42.4 Å². The molecule has 1 saturated carbocycles. The second kappa shape index (κ2) is 4.70. The Morgan fingerprint density at radius 3 is 2.94 bits per heavy atom. The number of hydrogen-bond donors (Lipinski definition) is 1. The number of hydrogen-bond acceptors (Lipinski definition) is 2. The van der Waals surface area contributed by atoms with Gasteiger partial charge in [0.25, 0.3) is 5.91 Å². The van der Waals surface area contributed by atoms with Crippen molar-refractivity contribution >= 4 is 21.8 Å². The number of carbonyl (C=O) groups excluding carboxylic acids is 1. The summed E-state index contributed by atoms with van der Waals surface area (Å²) < 4.78 is 3.14. The highest BCUT2D eigenvalue weighted by Gasteiger charge is 2.31. The summed E-state index contributed by atoms with van der Waals surface area (Å²) in [4.78, 5) is 14.6. The van der Waals surface area contributed by atoms with Gasteiger partial charge in [-0.05, 0) is 41.8 Å². The Kier molecular flexibility index (Phi) is 3.20. The minimum atomic E-state index is 0.168. The van der Waals surface area contributed by atoms with E-state index in [2.05, 4.69) is 32.7 Å². The Morgan fingerprint density at radius 1 is 1.50 bits per heavy atom. The number of halogens is 1. The monoisotopic (exact) mass is 311 g/mol. The van der Waals surface area contributed by atoms with Gasteiger partial charge in [-0.25, -0.2) is 0 Å². The SMILES string of the molecule is CC1CNCCN1C(=O)c1cc(Br)cn1C1CC1. The van der Waals surface area contributed by atoms with E-state index < -0.39 is 0 Å². The maximum Gasteiger partial charge on any atom is 0.270 e. The van der Waals surface area contributed by atoms with E-state index in [0.29, 0.717) is 6.04 Å². The molecule has 2 aliphatic rings. The van der Waals surface area contributed by atoms with E-state index in [-0.39, 0.29) is 11.9 Å². The van der Waals surface area contributed by atoms with Gasteiger partial charge < -0.3 is 14.8 Å². The molecule has 1 saturated heterocycles. The molecule has 1 N–H and O–H groups in total. The van der Waals surface area contributed by atoms with Crippen molar-refractivity contribution in [2.45, 2.75) is 31.8 Å². The highest BCUT2D eigenvalue weighted by molar-refractivity contribution is 9.10. The largest absolute Gasteiger partial charge is 0.339 e. The van der Waals surface area contributed by atoms with E-state index in [9.17, 15) is 4.79 Å². The van der Waals surface area contributed by atoms with Crippen molar-refractivity contribution in [1.29, 1.82) is 0 Å². The molecule has 0 radical (unpaired) electrons. The van der Waals surface area contributed by atoms with Crippen molar-refractivity contribution in [3.8, 4) is 0 Å². The minimum Gasteiger partial charge on any atom is -0.339 e. The van der Waals surface area contributed by atoms with E-state index in [1.807, 2.05) is 17.2 Å². The van der Waals surface area contributed by atoms with Crippen LogP contribution in [0.15, 0.2) is 16.7 Å². The third kappa shape index (κ3) is 2.21. The van der Waals surface area contributed by atoms with E-state index in [1.165, 1.54) is 12.8 Å². The Hall–Kier alpha value is -0.810. The number of amides is 1. The average Bonchev–Trinajstić information content (AvgIpc) is 3.12. The van der Waals surface area contributed by atoms with Gasteiger partial charge >= 0.3 is 0 Å². The molecule has 1 unspecified atom stereocenters. The highest BCUT2D eigenvalue weighted by Crippen LogP contribution is 2.37. The van der Waals surface area contributed by atoms with Crippen LogP contribution >= 0.6 is 15.9 Å². The second-order valence-electron chi connectivity index (χ2n) is 5.23. The molecule has 1 aromatic rings. The molecule has 1 amide bonds. The molecule has 2 fully saturated rings. The topological polar surface area (TPSA) is 37.3 Å². The minimum absolute atomic E-state index is 0.168. The van der Waals surface area contributed by atoms with Crippen LogP contribution in [-0.4, -0.2) is 41.1 Å². The molecule has 3 rings (SSSR count). The van der Waals surface area contributed by atoms with Crippen LogP contribution in [-0.2, 0) is 0 Å². The van der Waals surface area contributed by atoms with Crippen LogP contribution in [0, 0.1) is 0 Å². The first kappa shape index (κ1) is 12.2. The smallest absolute Gasteiger partial charge is 0.270 e. The molecule has 1 aliphatic carbocycles. The fraction of sp³-hybridized carbons (Fsp3) is 0.615. The summed E-state index contributed by atoms with van der Waals surface area (Å²) in [7, 11) is 0. The van der Waals surface area contributed by atoms with Gasteiger partial charge in [0.15, 0.2) is 0 Å². The molecule has 98 valence electrons. The van der Waals surface area contributed by atoms with Crippen molar-refractivity contribution in [2.75, 3.05) is 19.6 Å². The lowest BCUT2D eigenvalue weighted by Gasteiger charge is -2.34. The third-order valence-electron chi connectivity index (χ3n) is 3.74. The van der Waals surface area contributed by atoms with Crippen molar-refractivity contribution < 1.29 is 4.79 Å². The van der Waals surface area contributed by atoms with Crippen LogP contribution < -0.4 is 5.32 Å². The van der Waals surface area contributed by atoms with Gasteiger partial charge in [-0.15, -0.1) is 0 Å². The molecular weight excluding hydrogens is 294 g/mol. The summed E-state index contributed by atoms with van der Waals surface area (Å²) in [6.45, 7) is 4.68. The first-order chi connectivity index (χ1) is 8.66. The molecule has 1 aliphatic heterocycles. The van der Waals surface area contributed by atoms with E-state index >= 15 is 0 Å². The van der Waals surface area contributed by atoms with Crippen LogP contribution in [0.1, 0.15) is 36.3 Å². The molecule has 0 bridgehead atoms. The van der Waals surface area contributed by atoms with Gasteiger partial charge in [-0.2, -0.15) is 0 Å². The van der Waals surface area contributed by atoms with E-state index in [1.54, 1.807) is 0 Å². The zero-order valence-corrected chi connectivity index (χ0v) is 12.1. The summed E-state index contributed by atoms with van der Waals surface area (Å²) in [5.74, 6) is 0.168. The zero-order chi connectivity index (χ0) is 12.7. The lowest BCUT2D eigenvalue weighted by Crippen LogP contribution is -2.52. The zero-order valence-electron chi connectivity index (χ0n) is 10.5. The molecule has 4 nitrogen and oxygen atoms in total. The number of nitrogens with one attached hydrogen (secondary N) is 1. The van der Waals surface area contributed by atoms with Crippen molar-refractivity contribution in [3.63, 3.8) is 0 Å². The first-order valence-electron chi connectivity index (χ1n) is 6.56. The summed E-state index contributed by atoms with van der Waals surface area (Å²) in [6.07, 6.45) is 4.43. The summed E-state index contributed by atoms with van der Waals surface area (Å²) in [5, 5.41) is 3.32. The number of rotatable bonds is 2. The summed E-state index contributed by atoms with van der Waals surface area (Å²) in [5.41, 5.74) is 0.832. The maximum atomic E-state index is 12.6. The third-order valence-corrected chi connectivity index (χ3v) is 4.17. The molecular formula is C13H18BrN3O. The van der Waals surface area contributed by atoms with Gasteiger partial charge in [-0.1, -0.05) is 0 Å². The molecule has 1 atom stereocenters.